The largest absolute Gasteiger partial charge is 0.472 e. The van der Waals surface area contributed by atoms with Gasteiger partial charge in [-0.25, -0.2) is 0 Å². The van der Waals surface area contributed by atoms with E-state index in [-0.39, 0.29) is 5.91 Å². The Morgan fingerprint density at radius 1 is 1.33 bits per heavy atom. The first-order valence-electron chi connectivity index (χ1n) is 7.04. The topological polar surface area (TPSA) is 62.5 Å². The molecule has 0 unspecified atom stereocenters. The highest BCUT2D eigenvalue weighted by molar-refractivity contribution is 5.93. The Morgan fingerprint density at radius 2 is 2.05 bits per heavy atom. The minimum absolute atomic E-state index is 0.191. The smallest absolute Gasteiger partial charge is 0.254 e. The first kappa shape index (κ1) is 15.3. The molecule has 0 aliphatic rings. The normalized spacial score (nSPS) is 15.2. The van der Waals surface area contributed by atoms with Crippen LogP contribution in [0, 0.1) is 5.41 Å². The molecule has 0 aliphatic heterocycles. The summed E-state index contributed by atoms with van der Waals surface area (Å²) in [5.74, 6) is -0.191. The van der Waals surface area contributed by atoms with Crippen molar-refractivity contribution in [3.8, 4) is 0 Å². The van der Waals surface area contributed by atoms with E-state index < -0.39 is 11.5 Å². The van der Waals surface area contributed by atoms with Crippen LogP contribution in [0.5, 0.6) is 0 Å². The maximum atomic E-state index is 12.0. The molecule has 4 heteroatoms. The van der Waals surface area contributed by atoms with Crippen molar-refractivity contribution in [2.24, 2.45) is 5.41 Å². The molecule has 0 radical (unpaired) electrons. The zero-order valence-electron chi connectivity index (χ0n) is 12.4. The van der Waals surface area contributed by atoms with Gasteiger partial charge in [0.1, 0.15) is 6.26 Å². The van der Waals surface area contributed by atoms with E-state index in [0.717, 1.165) is 5.56 Å². The molecule has 112 valence electrons. The lowest BCUT2D eigenvalue weighted by molar-refractivity contribution is 0.0500. The molecule has 1 aromatic heterocycles. The third-order valence-electron chi connectivity index (χ3n) is 3.90. The third-order valence-corrected chi connectivity index (χ3v) is 3.90. The Kier molecular flexibility index (Phi) is 4.81. The molecule has 0 bridgehead atoms. The Morgan fingerprint density at radius 3 is 2.62 bits per heavy atom. The molecule has 0 saturated carbocycles. The summed E-state index contributed by atoms with van der Waals surface area (Å²) in [5.41, 5.74) is 1.20. The van der Waals surface area contributed by atoms with Crippen LogP contribution in [-0.4, -0.2) is 23.7 Å². The van der Waals surface area contributed by atoms with Crippen molar-refractivity contribution in [1.29, 1.82) is 0 Å². The van der Waals surface area contributed by atoms with Crippen LogP contribution < -0.4 is 5.32 Å². The fraction of sp³-hybridized carbons (Fsp3) is 0.353. The van der Waals surface area contributed by atoms with E-state index in [1.807, 2.05) is 37.3 Å². The molecule has 2 rings (SSSR count). The van der Waals surface area contributed by atoms with Gasteiger partial charge in [0.2, 0.25) is 0 Å². The van der Waals surface area contributed by atoms with Crippen molar-refractivity contribution in [3.63, 3.8) is 0 Å². The second-order valence-electron chi connectivity index (χ2n) is 5.69. The summed E-state index contributed by atoms with van der Waals surface area (Å²) < 4.78 is 4.90. The van der Waals surface area contributed by atoms with Crippen LogP contribution in [0.1, 0.15) is 29.8 Å². The van der Waals surface area contributed by atoms with Gasteiger partial charge in [0.15, 0.2) is 0 Å². The van der Waals surface area contributed by atoms with Crippen molar-refractivity contribution in [2.75, 3.05) is 6.54 Å². The fourth-order valence-corrected chi connectivity index (χ4v) is 2.20. The van der Waals surface area contributed by atoms with E-state index in [2.05, 4.69) is 5.32 Å². The first-order valence-corrected chi connectivity index (χ1v) is 7.04. The zero-order valence-corrected chi connectivity index (χ0v) is 12.4. The van der Waals surface area contributed by atoms with E-state index in [1.54, 1.807) is 13.0 Å². The van der Waals surface area contributed by atoms with Crippen molar-refractivity contribution >= 4 is 5.91 Å². The molecule has 0 spiro atoms. The van der Waals surface area contributed by atoms with Gasteiger partial charge < -0.3 is 14.8 Å². The molecule has 2 aromatic rings. The molecule has 2 N–H and O–H groups in total. The van der Waals surface area contributed by atoms with Crippen LogP contribution in [0.3, 0.4) is 0 Å². The number of carbonyl (C=O) groups is 1. The highest BCUT2D eigenvalue weighted by Gasteiger charge is 2.31. The Hall–Kier alpha value is -2.07. The van der Waals surface area contributed by atoms with Crippen molar-refractivity contribution in [1.82, 2.24) is 5.32 Å². The van der Waals surface area contributed by atoms with Crippen molar-refractivity contribution in [2.45, 2.75) is 26.4 Å². The second kappa shape index (κ2) is 6.59. The summed E-state index contributed by atoms with van der Waals surface area (Å²) in [4.78, 5) is 12.0. The summed E-state index contributed by atoms with van der Waals surface area (Å²) in [7, 11) is 0. The van der Waals surface area contributed by atoms with Gasteiger partial charge in [0, 0.05) is 12.0 Å². The van der Waals surface area contributed by atoms with Gasteiger partial charge in [-0.3, -0.25) is 4.79 Å². The monoisotopic (exact) mass is 287 g/mol. The zero-order chi connectivity index (χ0) is 15.3. The molecule has 2 atom stereocenters. The summed E-state index contributed by atoms with van der Waals surface area (Å²) in [6, 6.07) is 11.6. The van der Waals surface area contributed by atoms with Gasteiger partial charge in [0.25, 0.3) is 5.91 Å². The standard InChI is InChI=1S/C17H21NO3/c1-13(19)17(2,10-14-6-4-3-5-7-14)12-18-16(20)15-8-9-21-11-15/h3-9,11,13,19H,10,12H2,1-2H3,(H,18,20)/t13-,17-/m0/s1. The van der Waals surface area contributed by atoms with E-state index in [9.17, 15) is 9.90 Å². The van der Waals surface area contributed by atoms with Gasteiger partial charge in [-0.1, -0.05) is 37.3 Å². The third kappa shape index (κ3) is 3.95. The Bertz CT molecular complexity index is 563. The molecular weight excluding hydrogens is 266 g/mol. The molecule has 1 amide bonds. The van der Waals surface area contributed by atoms with Gasteiger partial charge >= 0.3 is 0 Å². The van der Waals surface area contributed by atoms with E-state index in [4.69, 9.17) is 4.42 Å². The number of aliphatic hydroxyl groups excluding tert-OH is 1. The number of aliphatic hydroxyl groups is 1. The number of rotatable bonds is 6. The molecule has 0 fully saturated rings. The summed E-state index contributed by atoms with van der Waals surface area (Å²) in [6.07, 6.45) is 3.03. The average molecular weight is 287 g/mol. The van der Waals surface area contributed by atoms with E-state index >= 15 is 0 Å². The number of furan rings is 1. The maximum absolute atomic E-state index is 12.0. The number of benzene rings is 1. The van der Waals surface area contributed by atoms with Gasteiger partial charge in [-0.05, 0) is 25.0 Å². The molecule has 1 aromatic carbocycles. The fourth-order valence-electron chi connectivity index (χ4n) is 2.20. The van der Waals surface area contributed by atoms with Crippen molar-refractivity contribution in [3.05, 3.63) is 60.1 Å². The average Bonchev–Trinajstić information content (AvgIpc) is 3.00. The number of carbonyl (C=O) groups excluding carboxylic acids is 1. The van der Waals surface area contributed by atoms with E-state index in [1.165, 1.54) is 12.5 Å². The number of hydrogen-bond acceptors (Lipinski definition) is 3. The molecule has 0 saturated heterocycles. The van der Waals surface area contributed by atoms with Crippen LogP contribution in [0.25, 0.3) is 0 Å². The maximum Gasteiger partial charge on any atom is 0.254 e. The minimum Gasteiger partial charge on any atom is -0.472 e. The Labute approximate surface area is 124 Å². The molecular formula is C17H21NO3. The SMILES string of the molecule is C[C@H](O)[C@](C)(CNC(=O)c1ccoc1)Cc1ccccc1. The molecule has 21 heavy (non-hydrogen) atoms. The van der Waals surface area contributed by atoms with Crippen LogP contribution in [0.2, 0.25) is 0 Å². The highest BCUT2D eigenvalue weighted by Crippen LogP contribution is 2.26. The van der Waals surface area contributed by atoms with Crippen LogP contribution in [-0.2, 0) is 6.42 Å². The van der Waals surface area contributed by atoms with Crippen LogP contribution in [0.15, 0.2) is 53.3 Å². The molecule has 1 heterocycles. The van der Waals surface area contributed by atoms with Gasteiger partial charge in [-0.2, -0.15) is 0 Å². The summed E-state index contributed by atoms with van der Waals surface area (Å²) in [6.45, 7) is 4.12. The lowest BCUT2D eigenvalue weighted by Gasteiger charge is -2.33. The molecule has 0 aliphatic carbocycles. The summed E-state index contributed by atoms with van der Waals surface area (Å²) in [5, 5.41) is 13.0. The quantitative estimate of drug-likeness (QED) is 0.858. The van der Waals surface area contributed by atoms with Crippen LogP contribution in [0.4, 0.5) is 0 Å². The second-order valence-corrected chi connectivity index (χ2v) is 5.69. The lowest BCUT2D eigenvalue weighted by atomic mass is 9.79. The highest BCUT2D eigenvalue weighted by atomic mass is 16.3. The summed E-state index contributed by atoms with van der Waals surface area (Å²) >= 11 is 0. The number of amides is 1. The number of nitrogens with one attached hydrogen (secondary N) is 1. The minimum atomic E-state index is -0.539. The van der Waals surface area contributed by atoms with Crippen molar-refractivity contribution < 1.29 is 14.3 Å². The van der Waals surface area contributed by atoms with E-state index in [0.29, 0.717) is 18.5 Å². The molecule has 4 nitrogen and oxygen atoms in total. The number of hydrogen-bond donors (Lipinski definition) is 2. The Balaban J connectivity index is 2.03. The van der Waals surface area contributed by atoms with Gasteiger partial charge in [-0.15, -0.1) is 0 Å². The predicted molar refractivity (Wildman–Crippen MR) is 81.0 cm³/mol. The van der Waals surface area contributed by atoms with Gasteiger partial charge in [0.05, 0.1) is 17.9 Å². The predicted octanol–water partition coefficient (Wildman–Crippen LogP) is 2.64. The van der Waals surface area contributed by atoms with Crippen LogP contribution >= 0.6 is 0 Å². The first-order chi connectivity index (χ1) is 10.0. The lowest BCUT2D eigenvalue weighted by Crippen LogP contribution is -2.43.